The number of anilines is 1. The minimum atomic E-state index is -0.563. The van der Waals surface area contributed by atoms with Crippen LogP contribution in [0, 0.1) is 6.92 Å². The number of para-hydroxylation sites is 1. The van der Waals surface area contributed by atoms with E-state index < -0.39 is 5.97 Å². The van der Waals surface area contributed by atoms with Gasteiger partial charge in [-0.1, -0.05) is 23.7 Å². The number of aromatic nitrogens is 1. The lowest BCUT2D eigenvalue weighted by Crippen LogP contribution is -2.15. The quantitative estimate of drug-likeness (QED) is 0.348. The molecule has 0 aliphatic rings. The summed E-state index contributed by atoms with van der Waals surface area (Å²) in [6, 6.07) is 14.5. The monoisotopic (exact) mass is 470 g/mol. The number of fused-ring (bicyclic) bond motifs is 1. The summed E-state index contributed by atoms with van der Waals surface area (Å²) in [7, 11) is 1.29. The van der Waals surface area contributed by atoms with Crippen LogP contribution in [0.3, 0.4) is 0 Å². The highest BCUT2D eigenvalue weighted by molar-refractivity contribution is 7.21. The Hall–Kier alpha value is -3.36. The second-order valence-electron chi connectivity index (χ2n) is 6.82. The Morgan fingerprint density at radius 2 is 1.91 bits per heavy atom. The fourth-order valence-corrected chi connectivity index (χ4v) is 4.29. The van der Waals surface area contributed by atoms with Crippen LogP contribution >= 0.6 is 22.9 Å². The van der Waals surface area contributed by atoms with Crippen molar-refractivity contribution in [3.63, 3.8) is 0 Å². The molecule has 0 unspecified atom stereocenters. The minimum Gasteiger partial charge on any atom is -0.493 e. The Morgan fingerprint density at radius 3 is 2.62 bits per heavy atom. The largest absolute Gasteiger partial charge is 0.493 e. The van der Waals surface area contributed by atoms with Crippen LogP contribution in [0.4, 0.5) is 5.88 Å². The van der Waals surface area contributed by atoms with Gasteiger partial charge >= 0.3 is 5.97 Å². The zero-order chi connectivity index (χ0) is 22.7. The molecule has 0 spiro atoms. The summed E-state index contributed by atoms with van der Waals surface area (Å²) in [5.41, 5.74) is 1.43. The zero-order valence-electron chi connectivity index (χ0n) is 17.3. The van der Waals surface area contributed by atoms with Crippen molar-refractivity contribution in [3.05, 3.63) is 64.9 Å². The number of thiazole rings is 1. The van der Waals surface area contributed by atoms with Crippen LogP contribution in [0.2, 0.25) is 5.02 Å². The second kappa shape index (κ2) is 9.42. The Bertz CT molecular complexity index is 1250. The van der Waals surface area contributed by atoms with Crippen molar-refractivity contribution in [2.75, 3.05) is 19.0 Å². The standard InChI is InChI=1S/C23H19ClN2O5S/c1-13-19(23(28)29-2)20(22-25-16-5-3-4-6-17(16)32-22)21(31-13)26-18(27)11-12-30-15-9-7-14(24)8-10-15/h3-10H,11-12H2,1-2H3,(H,26,27). The second-order valence-corrected chi connectivity index (χ2v) is 8.28. The van der Waals surface area contributed by atoms with E-state index >= 15 is 0 Å². The van der Waals surface area contributed by atoms with E-state index in [4.69, 9.17) is 25.5 Å². The van der Waals surface area contributed by atoms with Gasteiger partial charge in [0.2, 0.25) is 11.8 Å². The minimum absolute atomic E-state index is 0.0786. The first-order valence-electron chi connectivity index (χ1n) is 9.72. The maximum absolute atomic E-state index is 12.6. The molecule has 9 heteroatoms. The molecule has 2 aromatic heterocycles. The van der Waals surface area contributed by atoms with E-state index in [1.807, 2.05) is 24.3 Å². The highest BCUT2D eigenvalue weighted by Gasteiger charge is 2.28. The van der Waals surface area contributed by atoms with Gasteiger partial charge in [0.05, 0.1) is 35.9 Å². The number of rotatable bonds is 7. The van der Waals surface area contributed by atoms with Crippen LogP contribution in [-0.2, 0) is 9.53 Å². The molecule has 7 nitrogen and oxygen atoms in total. The number of nitrogens with zero attached hydrogens (tertiary/aromatic N) is 1. The molecule has 0 atom stereocenters. The van der Waals surface area contributed by atoms with Crippen molar-refractivity contribution in [1.29, 1.82) is 0 Å². The number of hydrogen-bond acceptors (Lipinski definition) is 7. The van der Waals surface area contributed by atoms with Crippen molar-refractivity contribution >= 4 is 50.9 Å². The molecule has 0 aliphatic carbocycles. The van der Waals surface area contributed by atoms with Gasteiger partial charge in [0.25, 0.3) is 0 Å². The third-order valence-electron chi connectivity index (χ3n) is 4.65. The maximum atomic E-state index is 12.6. The van der Waals surface area contributed by atoms with Gasteiger partial charge in [0.15, 0.2) is 0 Å². The molecule has 4 aromatic rings. The van der Waals surface area contributed by atoms with Gasteiger partial charge < -0.3 is 13.9 Å². The van der Waals surface area contributed by atoms with Crippen LogP contribution in [0.1, 0.15) is 22.5 Å². The predicted molar refractivity (Wildman–Crippen MR) is 124 cm³/mol. The number of esters is 1. The third-order valence-corrected chi connectivity index (χ3v) is 5.95. The Kier molecular flexibility index (Phi) is 6.43. The fourth-order valence-electron chi connectivity index (χ4n) is 3.15. The van der Waals surface area contributed by atoms with Gasteiger partial charge in [-0.05, 0) is 43.3 Å². The van der Waals surface area contributed by atoms with Gasteiger partial charge in [-0.3, -0.25) is 10.1 Å². The molecule has 0 fully saturated rings. The molecule has 0 radical (unpaired) electrons. The normalized spacial score (nSPS) is 10.8. The lowest BCUT2D eigenvalue weighted by Gasteiger charge is -2.07. The number of ether oxygens (including phenoxy) is 2. The van der Waals surface area contributed by atoms with Gasteiger partial charge in [-0.25, -0.2) is 9.78 Å². The fraction of sp³-hybridized carbons (Fsp3) is 0.174. The molecule has 0 aliphatic heterocycles. The van der Waals surface area contributed by atoms with E-state index in [2.05, 4.69) is 10.3 Å². The molecule has 164 valence electrons. The lowest BCUT2D eigenvalue weighted by atomic mass is 10.1. The predicted octanol–water partition coefficient (Wildman–Crippen LogP) is 5.71. The molecule has 0 saturated heterocycles. The van der Waals surface area contributed by atoms with Crippen LogP contribution in [-0.4, -0.2) is 30.6 Å². The molecule has 1 amide bonds. The highest BCUT2D eigenvalue weighted by atomic mass is 35.5. The van der Waals surface area contributed by atoms with Crippen molar-refractivity contribution < 1.29 is 23.5 Å². The first kappa shape index (κ1) is 21.9. The first-order valence-corrected chi connectivity index (χ1v) is 10.9. The number of benzene rings is 2. The molecule has 2 heterocycles. The van der Waals surface area contributed by atoms with E-state index in [1.165, 1.54) is 18.4 Å². The number of amides is 1. The van der Waals surface area contributed by atoms with Gasteiger partial charge in [0.1, 0.15) is 22.1 Å². The molecule has 2 aromatic carbocycles. The molecule has 1 N–H and O–H groups in total. The number of carbonyl (C=O) groups is 2. The number of nitrogens with one attached hydrogen (secondary N) is 1. The van der Waals surface area contributed by atoms with E-state index in [-0.39, 0.29) is 30.4 Å². The average molecular weight is 471 g/mol. The van der Waals surface area contributed by atoms with Crippen molar-refractivity contribution in [2.45, 2.75) is 13.3 Å². The Balaban J connectivity index is 1.57. The number of hydrogen-bond donors (Lipinski definition) is 1. The summed E-state index contributed by atoms with van der Waals surface area (Å²) >= 11 is 7.26. The van der Waals surface area contributed by atoms with Crippen LogP contribution < -0.4 is 10.1 Å². The van der Waals surface area contributed by atoms with Crippen LogP contribution in [0.5, 0.6) is 5.75 Å². The molecule has 0 saturated carbocycles. The summed E-state index contributed by atoms with van der Waals surface area (Å²) in [4.78, 5) is 29.6. The SMILES string of the molecule is COC(=O)c1c(C)oc(NC(=O)CCOc2ccc(Cl)cc2)c1-c1nc2ccccc2s1. The summed E-state index contributed by atoms with van der Waals surface area (Å²) in [6.07, 6.45) is 0.0786. The Morgan fingerprint density at radius 1 is 1.16 bits per heavy atom. The number of halogens is 1. The molecule has 32 heavy (non-hydrogen) atoms. The van der Waals surface area contributed by atoms with E-state index in [9.17, 15) is 9.59 Å². The number of aryl methyl sites for hydroxylation is 1. The van der Waals surface area contributed by atoms with E-state index in [0.717, 1.165) is 10.2 Å². The van der Waals surface area contributed by atoms with E-state index in [0.29, 0.717) is 27.1 Å². The van der Waals surface area contributed by atoms with Crippen LogP contribution in [0.15, 0.2) is 52.9 Å². The number of carbonyl (C=O) groups excluding carboxylic acids is 2. The number of furan rings is 1. The zero-order valence-corrected chi connectivity index (χ0v) is 18.9. The average Bonchev–Trinajstić information content (AvgIpc) is 3.34. The van der Waals surface area contributed by atoms with Crippen molar-refractivity contribution in [3.8, 4) is 16.3 Å². The van der Waals surface area contributed by atoms with Gasteiger partial charge in [0, 0.05) is 5.02 Å². The highest BCUT2D eigenvalue weighted by Crippen LogP contribution is 2.40. The van der Waals surface area contributed by atoms with Crippen LogP contribution in [0.25, 0.3) is 20.8 Å². The molecule has 0 bridgehead atoms. The Labute approximate surface area is 192 Å². The maximum Gasteiger partial charge on any atom is 0.342 e. The lowest BCUT2D eigenvalue weighted by molar-refractivity contribution is -0.116. The van der Waals surface area contributed by atoms with E-state index in [1.54, 1.807) is 31.2 Å². The molecular formula is C23H19ClN2O5S. The van der Waals surface area contributed by atoms with Crippen molar-refractivity contribution in [1.82, 2.24) is 4.98 Å². The summed E-state index contributed by atoms with van der Waals surface area (Å²) in [5, 5.41) is 3.90. The summed E-state index contributed by atoms with van der Waals surface area (Å²) in [5.74, 6) is 0.204. The topological polar surface area (TPSA) is 90.7 Å². The summed E-state index contributed by atoms with van der Waals surface area (Å²) < 4.78 is 17.2. The van der Waals surface area contributed by atoms with Crippen molar-refractivity contribution in [2.24, 2.45) is 0 Å². The number of methoxy groups -OCH3 is 1. The third kappa shape index (κ3) is 4.61. The smallest absolute Gasteiger partial charge is 0.342 e. The molecular weight excluding hydrogens is 452 g/mol. The first-order chi connectivity index (χ1) is 15.5. The van der Waals surface area contributed by atoms with Gasteiger partial charge in [-0.2, -0.15) is 0 Å². The summed E-state index contributed by atoms with van der Waals surface area (Å²) in [6.45, 7) is 1.80. The van der Waals surface area contributed by atoms with Gasteiger partial charge in [-0.15, -0.1) is 11.3 Å². The molecule has 4 rings (SSSR count).